The number of esters is 2. The molecular formula is C42H83NO7. The zero-order chi connectivity index (χ0) is 36.6. The third-order valence-corrected chi connectivity index (χ3v) is 9.35. The highest BCUT2D eigenvalue weighted by Gasteiger charge is 2.14. The number of nitrogens with zero attached hydrogens (tertiary/aromatic N) is 1. The van der Waals surface area contributed by atoms with Gasteiger partial charge in [0.25, 0.3) is 0 Å². The van der Waals surface area contributed by atoms with Crippen molar-refractivity contribution in [3.05, 3.63) is 0 Å². The molecule has 8 nitrogen and oxygen atoms in total. The fraction of sp³-hybridized carbons (Fsp3) is 0.952. The van der Waals surface area contributed by atoms with Crippen LogP contribution >= 0.6 is 0 Å². The lowest BCUT2D eigenvalue weighted by Crippen LogP contribution is -2.29. The summed E-state index contributed by atoms with van der Waals surface area (Å²) in [6.07, 6.45) is 29.8. The summed E-state index contributed by atoms with van der Waals surface area (Å²) in [6, 6.07) is 0. The fourth-order valence-electron chi connectivity index (χ4n) is 6.09. The fourth-order valence-corrected chi connectivity index (χ4v) is 6.09. The molecule has 0 aromatic carbocycles. The molecule has 0 spiro atoms. The lowest BCUT2D eigenvalue weighted by molar-refractivity contribution is -0.159. The lowest BCUT2D eigenvalue weighted by atomic mass is 10.1. The van der Waals surface area contributed by atoms with E-state index in [4.69, 9.17) is 18.9 Å². The van der Waals surface area contributed by atoms with Crippen LogP contribution in [-0.4, -0.2) is 80.9 Å². The van der Waals surface area contributed by atoms with Crippen LogP contribution in [0.2, 0.25) is 0 Å². The summed E-state index contributed by atoms with van der Waals surface area (Å²) < 4.78 is 23.0. The van der Waals surface area contributed by atoms with Crippen LogP contribution in [0.15, 0.2) is 0 Å². The largest absolute Gasteiger partial charge is 0.466 e. The second kappa shape index (κ2) is 40.5. The van der Waals surface area contributed by atoms with Crippen molar-refractivity contribution in [3.8, 4) is 0 Å². The van der Waals surface area contributed by atoms with Crippen LogP contribution in [0.1, 0.15) is 201 Å². The maximum atomic E-state index is 12.4. The van der Waals surface area contributed by atoms with Crippen molar-refractivity contribution in [1.82, 2.24) is 4.90 Å². The summed E-state index contributed by atoms with van der Waals surface area (Å²) in [7, 11) is 0. The van der Waals surface area contributed by atoms with Gasteiger partial charge in [0.15, 0.2) is 6.29 Å². The first kappa shape index (κ1) is 48.8. The Morgan fingerprint density at radius 2 is 0.840 bits per heavy atom. The summed E-state index contributed by atoms with van der Waals surface area (Å²) >= 11 is 0. The van der Waals surface area contributed by atoms with Crippen LogP contribution in [0.4, 0.5) is 0 Å². The first-order chi connectivity index (χ1) is 24.6. The molecule has 0 radical (unpaired) electrons. The molecule has 0 aliphatic carbocycles. The monoisotopic (exact) mass is 714 g/mol. The summed E-state index contributed by atoms with van der Waals surface area (Å²) in [5, 5.41) is 9.50. The predicted molar refractivity (Wildman–Crippen MR) is 207 cm³/mol. The minimum atomic E-state index is -0.323. The van der Waals surface area contributed by atoms with Crippen molar-refractivity contribution >= 4 is 11.9 Å². The van der Waals surface area contributed by atoms with Gasteiger partial charge in [0.1, 0.15) is 0 Å². The Kier molecular flexibility index (Phi) is 39.6. The molecule has 0 heterocycles. The number of hydrogen-bond acceptors (Lipinski definition) is 8. The number of aliphatic hydroxyl groups excluding tert-OH is 1. The van der Waals surface area contributed by atoms with E-state index in [1.165, 1.54) is 77.0 Å². The molecule has 0 aliphatic heterocycles. The number of hydrogen-bond donors (Lipinski definition) is 1. The van der Waals surface area contributed by atoms with Crippen molar-refractivity contribution < 1.29 is 33.6 Å². The van der Waals surface area contributed by atoms with E-state index in [0.717, 1.165) is 96.6 Å². The summed E-state index contributed by atoms with van der Waals surface area (Å²) in [4.78, 5) is 26.6. The highest BCUT2D eigenvalue weighted by Crippen LogP contribution is 2.13. The lowest BCUT2D eigenvalue weighted by Gasteiger charge is -2.21. The molecule has 0 aliphatic rings. The first-order valence-electron chi connectivity index (χ1n) is 21.4. The first-order valence-corrected chi connectivity index (χ1v) is 21.4. The van der Waals surface area contributed by atoms with Gasteiger partial charge in [-0.05, 0) is 58.0 Å². The van der Waals surface area contributed by atoms with E-state index in [-0.39, 0.29) is 24.8 Å². The van der Waals surface area contributed by atoms with Gasteiger partial charge in [-0.3, -0.25) is 9.59 Å². The number of unbranched alkanes of at least 4 members (excludes halogenated alkanes) is 20. The number of ether oxygens (including phenoxy) is 4. The zero-order valence-corrected chi connectivity index (χ0v) is 33.4. The predicted octanol–water partition coefficient (Wildman–Crippen LogP) is 10.7. The van der Waals surface area contributed by atoms with Gasteiger partial charge in [0.05, 0.1) is 26.2 Å². The van der Waals surface area contributed by atoms with Gasteiger partial charge >= 0.3 is 11.9 Å². The number of aliphatic hydroxyl groups is 1. The molecule has 0 amide bonds. The molecule has 0 saturated carbocycles. The van der Waals surface area contributed by atoms with Crippen molar-refractivity contribution in [2.75, 3.05) is 52.7 Å². The maximum Gasteiger partial charge on any atom is 0.305 e. The van der Waals surface area contributed by atoms with Gasteiger partial charge in [-0.15, -0.1) is 0 Å². The molecule has 0 aromatic heterocycles. The van der Waals surface area contributed by atoms with Crippen LogP contribution in [0.25, 0.3) is 0 Å². The number of carbonyl (C=O) groups excluding carboxylic acids is 2. The van der Waals surface area contributed by atoms with E-state index in [1.54, 1.807) is 0 Å². The second-order valence-corrected chi connectivity index (χ2v) is 14.2. The van der Waals surface area contributed by atoms with Crippen molar-refractivity contribution in [1.29, 1.82) is 0 Å². The van der Waals surface area contributed by atoms with E-state index in [0.29, 0.717) is 52.2 Å². The molecule has 0 saturated heterocycles. The Morgan fingerprint density at radius 1 is 0.460 bits per heavy atom. The van der Waals surface area contributed by atoms with E-state index in [1.807, 2.05) is 0 Å². The Balaban J connectivity index is 4.00. The number of carbonyl (C=O) groups is 2. The average Bonchev–Trinajstić information content (AvgIpc) is 3.11. The summed E-state index contributed by atoms with van der Waals surface area (Å²) in [5.41, 5.74) is 0. The molecule has 0 fully saturated rings. The minimum absolute atomic E-state index is 0.0502. The molecule has 0 atom stereocenters. The van der Waals surface area contributed by atoms with Gasteiger partial charge < -0.3 is 29.0 Å². The molecule has 0 aromatic rings. The third kappa shape index (κ3) is 36.6. The van der Waals surface area contributed by atoms with Crippen LogP contribution < -0.4 is 0 Å². The van der Waals surface area contributed by atoms with Gasteiger partial charge in [-0.25, -0.2) is 0 Å². The van der Waals surface area contributed by atoms with Crippen LogP contribution in [0.3, 0.4) is 0 Å². The van der Waals surface area contributed by atoms with Gasteiger partial charge in [0, 0.05) is 32.6 Å². The summed E-state index contributed by atoms with van der Waals surface area (Å²) in [5.74, 6) is -0.209. The van der Waals surface area contributed by atoms with Crippen LogP contribution in [0, 0.1) is 0 Å². The van der Waals surface area contributed by atoms with E-state index in [9.17, 15) is 14.7 Å². The van der Waals surface area contributed by atoms with Gasteiger partial charge in [-0.1, -0.05) is 136 Å². The Morgan fingerprint density at radius 3 is 1.32 bits per heavy atom. The minimum Gasteiger partial charge on any atom is -0.466 e. The Hall–Kier alpha value is -1.22. The molecule has 0 unspecified atom stereocenters. The molecule has 1 N–H and O–H groups in total. The molecule has 8 heteroatoms. The highest BCUT2D eigenvalue weighted by molar-refractivity contribution is 5.69. The molecular weight excluding hydrogens is 630 g/mol. The Labute approximate surface area is 309 Å². The average molecular weight is 714 g/mol. The van der Waals surface area contributed by atoms with Crippen molar-refractivity contribution in [2.24, 2.45) is 0 Å². The Bertz CT molecular complexity index is 690. The maximum absolute atomic E-state index is 12.4. The van der Waals surface area contributed by atoms with E-state index < -0.39 is 0 Å². The van der Waals surface area contributed by atoms with E-state index in [2.05, 4.69) is 25.7 Å². The normalized spacial score (nSPS) is 11.6. The summed E-state index contributed by atoms with van der Waals surface area (Å²) in [6.45, 7) is 12.0. The molecule has 50 heavy (non-hydrogen) atoms. The molecule has 0 rings (SSSR count). The molecule has 0 bridgehead atoms. The standard InChI is InChI=1S/C42H83NO7/c1-4-7-10-13-19-27-38-49-42(50-39-28-20-14-11-8-5-2)31-30-41(46)48-37-26-21-18-24-33-43(34-35-44)32-23-17-15-16-22-29-40(45)47-36-25-12-9-6-3/h42,44H,4-39H2,1-3H3. The highest BCUT2D eigenvalue weighted by atomic mass is 16.7. The van der Waals surface area contributed by atoms with Gasteiger partial charge in [0.2, 0.25) is 0 Å². The van der Waals surface area contributed by atoms with Crippen molar-refractivity contribution in [2.45, 2.75) is 207 Å². The topological polar surface area (TPSA) is 94.5 Å². The molecule has 298 valence electrons. The SMILES string of the molecule is CCCCCCCCOC(CCC(=O)OCCCCCCN(CCO)CCCCCCCC(=O)OCCCCCC)OCCCCCCCC. The quantitative estimate of drug-likeness (QED) is 0.0380. The van der Waals surface area contributed by atoms with Crippen molar-refractivity contribution in [3.63, 3.8) is 0 Å². The van der Waals surface area contributed by atoms with Gasteiger partial charge in [-0.2, -0.15) is 0 Å². The zero-order valence-electron chi connectivity index (χ0n) is 33.4. The third-order valence-electron chi connectivity index (χ3n) is 9.35. The second-order valence-electron chi connectivity index (χ2n) is 14.2. The van der Waals surface area contributed by atoms with Crippen LogP contribution in [-0.2, 0) is 28.5 Å². The number of rotatable bonds is 41. The smallest absolute Gasteiger partial charge is 0.305 e. The van der Waals surface area contributed by atoms with E-state index >= 15 is 0 Å². The van der Waals surface area contributed by atoms with Crippen LogP contribution in [0.5, 0.6) is 0 Å².